The van der Waals surface area contributed by atoms with Crippen LogP contribution in [0.3, 0.4) is 0 Å². The van der Waals surface area contributed by atoms with E-state index in [4.69, 9.17) is 14.2 Å². The summed E-state index contributed by atoms with van der Waals surface area (Å²) in [5.41, 5.74) is 2.79. The highest BCUT2D eigenvalue weighted by atomic mass is 32.2. The molecule has 2 aliphatic heterocycles. The van der Waals surface area contributed by atoms with Crippen LogP contribution in [0.25, 0.3) is 11.1 Å². The second-order valence-electron chi connectivity index (χ2n) is 10.4. The first-order valence-electron chi connectivity index (χ1n) is 13.6. The minimum absolute atomic E-state index is 0.0512. The van der Waals surface area contributed by atoms with E-state index in [1.54, 1.807) is 24.3 Å². The van der Waals surface area contributed by atoms with Crippen LogP contribution in [-0.4, -0.2) is 65.4 Å². The van der Waals surface area contributed by atoms with E-state index in [0.29, 0.717) is 23.7 Å². The van der Waals surface area contributed by atoms with E-state index < -0.39 is 15.4 Å². The molecule has 1 aliphatic carbocycles. The second kappa shape index (κ2) is 11.2. The maximum Gasteiger partial charge on any atom is 0.240 e. The summed E-state index contributed by atoms with van der Waals surface area (Å²) in [6, 6.07) is 20.1. The number of sulfonamides is 1. The smallest absolute Gasteiger partial charge is 0.240 e. The van der Waals surface area contributed by atoms with Gasteiger partial charge in [-0.15, -0.1) is 0 Å². The predicted octanol–water partition coefficient (Wildman–Crippen LogP) is 3.75. The van der Waals surface area contributed by atoms with Crippen molar-refractivity contribution in [3.8, 4) is 22.6 Å². The van der Waals surface area contributed by atoms with Gasteiger partial charge in [-0.3, -0.25) is 9.69 Å². The fourth-order valence-electron chi connectivity index (χ4n) is 5.24. The summed E-state index contributed by atoms with van der Waals surface area (Å²) >= 11 is 0. The highest BCUT2D eigenvalue weighted by molar-refractivity contribution is 7.89. The van der Waals surface area contributed by atoms with E-state index in [1.165, 1.54) is 0 Å². The topological polar surface area (TPSA) is 106 Å². The number of rotatable bonds is 10. The lowest BCUT2D eigenvalue weighted by Crippen LogP contribution is -2.38. The maximum atomic E-state index is 13.3. The third kappa shape index (κ3) is 5.71. The van der Waals surface area contributed by atoms with Gasteiger partial charge >= 0.3 is 0 Å². The summed E-state index contributed by atoms with van der Waals surface area (Å²) in [7, 11) is -3.59. The summed E-state index contributed by atoms with van der Waals surface area (Å²) in [4.78, 5) is 15.8. The number of carbonyl (C=O) groups is 1. The number of nitrogens with zero attached hydrogens (tertiary/aromatic N) is 1. The van der Waals surface area contributed by atoms with E-state index in [1.807, 2.05) is 42.5 Å². The van der Waals surface area contributed by atoms with E-state index in [2.05, 4.69) is 14.9 Å². The van der Waals surface area contributed by atoms with Crippen LogP contribution in [0.1, 0.15) is 24.8 Å². The highest BCUT2D eigenvalue weighted by Gasteiger charge is 2.51. The molecule has 1 saturated carbocycles. The molecule has 9 nitrogen and oxygen atoms in total. The summed E-state index contributed by atoms with van der Waals surface area (Å²) in [5.74, 6) is 1.32. The fourth-order valence-corrected chi connectivity index (χ4v) is 6.31. The van der Waals surface area contributed by atoms with Crippen LogP contribution in [-0.2, 0) is 25.0 Å². The van der Waals surface area contributed by atoms with Crippen molar-refractivity contribution < 1.29 is 27.4 Å². The van der Waals surface area contributed by atoms with Crippen molar-refractivity contribution in [3.05, 3.63) is 72.3 Å². The van der Waals surface area contributed by atoms with E-state index in [0.717, 1.165) is 68.8 Å². The molecule has 1 amide bonds. The number of anilines is 1. The van der Waals surface area contributed by atoms with Crippen LogP contribution in [0, 0.1) is 0 Å². The molecule has 10 heteroatoms. The number of nitrogens with one attached hydrogen (secondary N) is 2. The van der Waals surface area contributed by atoms with E-state index in [9.17, 15) is 13.2 Å². The number of morpholine rings is 1. The third-order valence-corrected chi connectivity index (χ3v) is 9.25. The lowest BCUT2D eigenvalue weighted by atomic mass is 9.94. The molecule has 0 unspecified atom stereocenters. The van der Waals surface area contributed by atoms with Gasteiger partial charge < -0.3 is 19.5 Å². The van der Waals surface area contributed by atoms with Crippen molar-refractivity contribution in [1.29, 1.82) is 0 Å². The molecule has 3 aliphatic rings. The van der Waals surface area contributed by atoms with Gasteiger partial charge in [0.15, 0.2) is 11.5 Å². The van der Waals surface area contributed by atoms with Crippen LogP contribution in [0.2, 0.25) is 0 Å². The van der Waals surface area contributed by atoms with Gasteiger partial charge in [0.05, 0.1) is 23.5 Å². The first-order chi connectivity index (χ1) is 19.4. The van der Waals surface area contributed by atoms with Gasteiger partial charge in [0, 0.05) is 25.3 Å². The Hall–Kier alpha value is -3.44. The van der Waals surface area contributed by atoms with Gasteiger partial charge in [-0.25, -0.2) is 13.1 Å². The Morgan fingerprint density at radius 1 is 0.900 bits per heavy atom. The van der Waals surface area contributed by atoms with Crippen molar-refractivity contribution >= 4 is 21.6 Å². The van der Waals surface area contributed by atoms with Crippen molar-refractivity contribution in [1.82, 2.24) is 9.62 Å². The Kier molecular flexibility index (Phi) is 7.50. The fraction of sp³-hybridized carbons (Fsp3) is 0.367. The molecule has 0 atom stereocenters. The summed E-state index contributed by atoms with van der Waals surface area (Å²) < 4.78 is 44.5. The first-order valence-corrected chi connectivity index (χ1v) is 15.1. The Morgan fingerprint density at radius 2 is 1.68 bits per heavy atom. The summed E-state index contributed by atoms with van der Waals surface area (Å²) in [6.45, 7) is 4.67. The first kappa shape index (κ1) is 26.8. The quantitative estimate of drug-likeness (QED) is 0.362. The molecule has 1 saturated heterocycles. The lowest BCUT2D eigenvalue weighted by molar-refractivity contribution is -0.118. The molecule has 0 spiro atoms. The normalized spacial score (nSPS) is 17.9. The molecule has 2 N–H and O–H groups in total. The van der Waals surface area contributed by atoms with Crippen molar-refractivity contribution in [2.24, 2.45) is 0 Å². The van der Waals surface area contributed by atoms with Gasteiger partial charge in [0.1, 0.15) is 0 Å². The standard InChI is InChI=1S/C30H33N3O6S/c34-29(30(11-12-30)24-7-10-27-28(20-24)39-21-38-27)32-25-4-1-3-23(19-25)22-5-8-26(9-6-22)40(35,36)31-13-2-14-33-15-17-37-18-16-33/h1,3-10,19-20,31H,2,11-18,21H2,(H,32,34). The Balaban J connectivity index is 1.07. The van der Waals surface area contributed by atoms with Crippen LogP contribution >= 0.6 is 0 Å². The van der Waals surface area contributed by atoms with E-state index in [-0.39, 0.29) is 17.6 Å². The number of ether oxygens (including phenoxy) is 3. The third-order valence-electron chi connectivity index (χ3n) is 7.78. The zero-order valence-corrected chi connectivity index (χ0v) is 23.0. The van der Waals surface area contributed by atoms with Crippen molar-refractivity contribution in [2.45, 2.75) is 29.6 Å². The summed E-state index contributed by atoms with van der Waals surface area (Å²) in [6.07, 6.45) is 2.29. The van der Waals surface area contributed by atoms with Crippen LogP contribution in [0.15, 0.2) is 71.6 Å². The minimum Gasteiger partial charge on any atom is -0.454 e. The number of carbonyl (C=O) groups excluding carboxylic acids is 1. The highest BCUT2D eigenvalue weighted by Crippen LogP contribution is 2.51. The molecule has 40 heavy (non-hydrogen) atoms. The predicted molar refractivity (Wildman–Crippen MR) is 151 cm³/mol. The Morgan fingerprint density at radius 3 is 2.45 bits per heavy atom. The van der Waals surface area contributed by atoms with Gasteiger partial charge in [0.2, 0.25) is 22.7 Å². The number of benzene rings is 3. The number of hydrogen-bond acceptors (Lipinski definition) is 7. The molecule has 3 aromatic rings. The number of fused-ring (bicyclic) bond motifs is 1. The van der Waals surface area contributed by atoms with Gasteiger partial charge in [-0.2, -0.15) is 0 Å². The lowest BCUT2D eigenvalue weighted by Gasteiger charge is -2.26. The van der Waals surface area contributed by atoms with Crippen LogP contribution in [0.5, 0.6) is 11.5 Å². The Labute approximate surface area is 234 Å². The average molecular weight is 564 g/mol. The van der Waals surface area contributed by atoms with Crippen LogP contribution < -0.4 is 19.5 Å². The minimum atomic E-state index is -3.59. The van der Waals surface area contributed by atoms with Gasteiger partial charge in [0.25, 0.3) is 0 Å². The van der Waals surface area contributed by atoms with Crippen molar-refractivity contribution in [2.75, 3.05) is 51.5 Å². The molecule has 6 rings (SSSR count). The zero-order valence-electron chi connectivity index (χ0n) is 22.2. The Bertz CT molecular complexity index is 1480. The van der Waals surface area contributed by atoms with Crippen molar-refractivity contribution in [3.63, 3.8) is 0 Å². The molecule has 210 valence electrons. The monoisotopic (exact) mass is 563 g/mol. The molecule has 0 aromatic heterocycles. The average Bonchev–Trinajstić information content (AvgIpc) is 3.67. The number of hydrogen-bond donors (Lipinski definition) is 2. The van der Waals surface area contributed by atoms with E-state index >= 15 is 0 Å². The molecule has 2 fully saturated rings. The molecule has 0 bridgehead atoms. The largest absolute Gasteiger partial charge is 0.454 e. The van der Waals surface area contributed by atoms with Crippen LogP contribution in [0.4, 0.5) is 5.69 Å². The van der Waals surface area contributed by atoms with Gasteiger partial charge in [-0.1, -0.05) is 30.3 Å². The molecule has 3 aromatic carbocycles. The van der Waals surface area contributed by atoms with Gasteiger partial charge in [-0.05, 0) is 78.9 Å². The summed E-state index contributed by atoms with van der Waals surface area (Å²) in [5, 5.41) is 3.08. The zero-order chi connectivity index (χ0) is 27.6. The molecular formula is C30H33N3O6S. The molecule has 0 radical (unpaired) electrons. The number of amides is 1. The molecule has 2 heterocycles. The maximum absolute atomic E-state index is 13.3. The molecular weight excluding hydrogens is 530 g/mol. The SMILES string of the molecule is O=C(Nc1cccc(-c2ccc(S(=O)(=O)NCCCN3CCOCC3)cc2)c1)C1(c2ccc3c(c2)OCO3)CC1. The second-order valence-corrected chi connectivity index (χ2v) is 12.2.